The van der Waals surface area contributed by atoms with E-state index in [9.17, 15) is 4.79 Å². The van der Waals surface area contributed by atoms with Crippen LogP contribution in [0.15, 0.2) is 24.3 Å². The lowest BCUT2D eigenvalue weighted by atomic mass is 9.93. The van der Waals surface area contributed by atoms with E-state index in [1.165, 1.54) is 5.56 Å². The van der Waals surface area contributed by atoms with E-state index in [0.29, 0.717) is 6.42 Å². The molecule has 1 aliphatic rings. The number of nitrogens with one attached hydrogen (secondary N) is 1. The number of ether oxygens (including phenoxy) is 1. The maximum Gasteiger partial charge on any atom is 0.221 e. The fourth-order valence-corrected chi connectivity index (χ4v) is 2.61. The van der Waals surface area contributed by atoms with Gasteiger partial charge in [0, 0.05) is 23.9 Å². The van der Waals surface area contributed by atoms with Crippen LogP contribution in [0.4, 0.5) is 0 Å². The summed E-state index contributed by atoms with van der Waals surface area (Å²) in [4.78, 5) is 11.8. The summed E-state index contributed by atoms with van der Waals surface area (Å²) in [5, 5.41) is 2.97. The van der Waals surface area contributed by atoms with Crippen LogP contribution in [-0.4, -0.2) is 24.1 Å². The summed E-state index contributed by atoms with van der Waals surface area (Å²) in [5.74, 6) is 1.18. The molecule has 4 heteroatoms. The van der Waals surface area contributed by atoms with E-state index in [2.05, 4.69) is 18.3 Å². The molecule has 0 saturated carbocycles. The zero-order valence-electron chi connectivity index (χ0n) is 11.7. The molecule has 0 saturated heterocycles. The number of nitrogens with two attached hydrogens (primary N) is 1. The average molecular weight is 262 g/mol. The van der Waals surface area contributed by atoms with E-state index >= 15 is 0 Å². The molecule has 0 spiro atoms. The van der Waals surface area contributed by atoms with E-state index in [-0.39, 0.29) is 30.0 Å². The molecule has 104 valence electrons. The Labute approximate surface area is 114 Å². The number of carbonyl (C=O) groups excluding carboxylic acids is 1. The van der Waals surface area contributed by atoms with Crippen molar-refractivity contribution >= 4 is 5.91 Å². The predicted octanol–water partition coefficient (Wildman–Crippen LogP) is 1.79. The van der Waals surface area contributed by atoms with Crippen LogP contribution in [0, 0.1) is 0 Å². The molecule has 1 aromatic carbocycles. The van der Waals surface area contributed by atoms with Gasteiger partial charge in [0.2, 0.25) is 5.91 Å². The summed E-state index contributed by atoms with van der Waals surface area (Å²) in [6.07, 6.45) is 0.327. The van der Waals surface area contributed by atoms with Gasteiger partial charge in [-0.1, -0.05) is 25.1 Å². The first kappa shape index (κ1) is 13.9. The molecule has 1 aliphatic heterocycles. The smallest absolute Gasteiger partial charge is 0.221 e. The zero-order valence-corrected chi connectivity index (χ0v) is 11.7. The van der Waals surface area contributed by atoms with Gasteiger partial charge in [-0.15, -0.1) is 0 Å². The van der Waals surface area contributed by atoms with Gasteiger partial charge in [0.1, 0.15) is 11.9 Å². The first-order valence-corrected chi connectivity index (χ1v) is 6.79. The molecule has 2 rings (SSSR count). The van der Waals surface area contributed by atoms with Crippen molar-refractivity contribution in [3.05, 3.63) is 29.8 Å². The Kier molecular flexibility index (Phi) is 4.10. The lowest BCUT2D eigenvalue weighted by molar-refractivity contribution is -0.122. The third-order valence-electron chi connectivity index (χ3n) is 3.55. The van der Waals surface area contributed by atoms with Gasteiger partial charge in [-0.05, 0) is 19.9 Å². The molecule has 1 amide bonds. The second-order valence-corrected chi connectivity index (χ2v) is 5.45. The molecule has 0 bridgehead atoms. The molecule has 4 nitrogen and oxygen atoms in total. The third kappa shape index (κ3) is 3.07. The van der Waals surface area contributed by atoms with Crippen LogP contribution in [0.3, 0.4) is 0 Å². The van der Waals surface area contributed by atoms with Crippen LogP contribution in [0.1, 0.15) is 38.7 Å². The molecular formula is C15H22N2O2. The first-order valence-electron chi connectivity index (χ1n) is 6.79. The highest BCUT2D eigenvalue weighted by atomic mass is 16.5. The van der Waals surface area contributed by atoms with Gasteiger partial charge in [-0.25, -0.2) is 0 Å². The summed E-state index contributed by atoms with van der Waals surface area (Å²) in [5.41, 5.74) is 6.84. The molecule has 0 aliphatic carbocycles. The standard InChI is InChI=1S/C15H22N2O2/c1-9(16)8-14(18)17-11(3)15-10(2)12-6-4-5-7-13(12)19-15/h4-7,9-11,15H,8,16H2,1-3H3,(H,17,18). The fourth-order valence-electron chi connectivity index (χ4n) is 2.61. The Morgan fingerprint density at radius 3 is 2.74 bits per heavy atom. The van der Waals surface area contributed by atoms with E-state index in [1.807, 2.05) is 32.0 Å². The van der Waals surface area contributed by atoms with Crippen molar-refractivity contribution in [2.75, 3.05) is 0 Å². The highest BCUT2D eigenvalue weighted by Crippen LogP contribution is 2.38. The SMILES string of the molecule is CC(N)CC(=O)NC(C)C1Oc2ccccc2C1C. The molecule has 1 heterocycles. The second kappa shape index (κ2) is 5.61. The predicted molar refractivity (Wildman–Crippen MR) is 75.1 cm³/mol. The monoisotopic (exact) mass is 262 g/mol. The molecule has 4 atom stereocenters. The molecular weight excluding hydrogens is 240 g/mol. The van der Waals surface area contributed by atoms with Crippen molar-refractivity contribution in [3.63, 3.8) is 0 Å². The number of hydrogen-bond donors (Lipinski definition) is 2. The topological polar surface area (TPSA) is 64.4 Å². The maximum absolute atomic E-state index is 11.8. The molecule has 0 radical (unpaired) electrons. The highest BCUT2D eigenvalue weighted by molar-refractivity contribution is 5.76. The number of rotatable bonds is 4. The quantitative estimate of drug-likeness (QED) is 0.869. The largest absolute Gasteiger partial charge is 0.487 e. The number of amides is 1. The van der Waals surface area contributed by atoms with Crippen LogP contribution in [0.25, 0.3) is 0 Å². The van der Waals surface area contributed by atoms with Crippen molar-refractivity contribution in [1.82, 2.24) is 5.32 Å². The van der Waals surface area contributed by atoms with Gasteiger partial charge < -0.3 is 15.8 Å². The molecule has 0 fully saturated rings. The van der Waals surface area contributed by atoms with Gasteiger partial charge in [0.25, 0.3) is 0 Å². The number of para-hydroxylation sites is 1. The molecule has 4 unspecified atom stereocenters. The third-order valence-corrected chi connectivity index (χ3v) is 3.55. The normalized spacial score (nSPS) is 24.2. The van der Waals surface area contributed by atoms with Crippen molar-refractivity contribution < 1.29 is 9.53 Å². The second-order valence-electron chi connectivity index (χ2n) is 5.45. The lowest BCUT2D eigenvalue weighted by Crippen LogP contribution is -2.45. The van der Waals surface area contributed by atoms with Crippen LogP contribution in [0.2, 0.25) is 0 Å². The maximum atomic E-state index is 11.8. The van der Waals surface area contributed by atoms with Gasteiger partial charge >= 0.3 is 0 Å². The van der Waals surface area contributed by atoms with E-state index in [1.54, 1.807) is 0 Å². The Morgan fingerprint density at radius 1 is 1.42 bits per heavy atom. The van der Waals surface area contributed by atoms with Crippen LogP contribution in [-0.2, 0) is 4.79 Å². The van der Waals surface area contributed by atoms with Crippen molar-refractivity contribution in [1.29, 1.82) is 0 Å². The summed E-state index contributed by atoms with van der Waals surface area (Å²) >= 11 is 0. The van der Waals surface area contributed by atoms with Crippen LogP contribution < -0.4 is 15.8 Å². The van der Waals surface area contributed by atoms with Gasteiger partial charge in [-0.3, -0.25) is 4.79 Å². The fraction of sp³-hybridized carbons (Fsp3) is 0.533. The van der Waals surface area contributed by atoms with E-state index in [0.717, 1.165) is 5.75 Å². The molecule has 3 N–H and O–H groups in total. The summed E-state index contributed by atoms with van der Waals surface area (Å²) < 4.78 is 5.94. The minimum absolute atomic E-state index is 0.0190. The zero-order chi connectivity index (χ0) is 14.0. The Balaban J connectivity index is 1.99. The van der Waals surface area contributed by atoms with Crippen LogP contribution >= 0.6 is 0 Å². The lowest BCUT2D eigenvalue weighted by Gasteiger charge is -2.24. The molecule has 19 heavy (non-hydrogen) atoms. The average Bonchev–Trinajstić information content (AvgIpc) is 2.66. The number of hydrogen-bond acceptors (Lipinski definition) is 3. The van der Waals surface area contributed by atoms with Gasteiger partial charge in [0.15, 0.2) is 0 Å². The van der Waals surface area contributed by atoms with Gasteiger partial charge in [0.05, 0.1) is 6.04 Å². The number of benzene rings is 1. The van der Waals surface area contributed by atoms with Gasteiger partial charge in [-0.2, -0.15) is 0 Å². The molecule has 0 aromatic heterocycles. The van der Waals surface area contributed by atoms with E-state index in [4.69, 9.17) is 10.5 Å². The minimum Gasteiger partial charge on any atom is -0.487 e. The van der Waals surface area contributed by atoms with Crippen LogP contribution in [0.5, 0.6) is 5.75 Å². The Bertz CT molecular complexity index is 459. The van der Waals surface area contributed by atoms with Crippen molar-refractivity contribution in [2.24, 2.45) is 5.73 Å². The highest BCUT2D eigenvalue weighted by Gasteiger charge is 2.35. The minimum atomic E-state index is -0.119. The van der Waals surface area contributed by atoms with Crippen molar-refractivity contribution in [2.45, 2.75) is 51.3 Å². The number of fused-ring (bicyclic) bond motifs is 1. The molecule has 1 aromatic rings. The summed E-state index contributed by atoms with van der Waals surface area (Å²) in [6, 6.07) is 7.88. The van der Waals surface area contributed by atoms with Crippen molar-refractivity contribution in [3.8, 4) is 5.75 Å². The Hall–Kier alpha value is -1.55. The van der Waals surface area contributed by atoms with E-state index < -0.39 is 0 Å². The first-order chi connectivity index (χ1) is 8.99. The number of carbonyl (C=O) groups is 1. The summed E-state index contributed by atoms with van der Waals surface area (Å²) in [6.45, 7) is 5.94. The summed E-state index contributed by atoms with van der Waals surface area (Å²) in [7, 11) is 0. The Morgan fingerprint density at radius 2 is 2.11 bits per heavy atom.